The fraction of sp³-hybridized carbons (Fsp3) is 0.167. The van der Waals surface area contributed by atoms with E-state index in [1.54, 1.807) is 31.2 Å². The standard InChI is InChI=1S/C18H16FN3O3/c1-11-20-15-6-4-3-5-13(15)18(24)22(11)12-7-8-14(19)16(9-12)21-17(23)10-25-2/h3-9H,10H2,1-2H3,(H,21,23). The quantitative estimate of drug-likeness (QED) is 0.791. The Morgan fingerprint density at radius 3 is 2.80 bits per heavy atom. The van der Waals surface area contributed by atoms with Crippen molar-refractivity contribution in [2.24, 2.45) is 0 Å². The molecule has 1 heterocycles. The van der Waals surface area contributed by atoms with E-state index in [9.17, 15) is 14.0 Å². The van der Waals surface area contributed by atoms with E-state index in [0.717, 1.165) is 0 Å². The summed E-state index contributed by atoms with van der Waals surface area (Å²) in [5.74, 6) is -0.628. The highest BCUT2D eigenvalue weighted by molar-refractivity contribution is 5.92. The van der Waals surface area contributed by atoms with Crippen LogP contribution in [0, 0.1) is 12.7 Å². The zero-order valence-electron chi connectivity index (χ0n) is 13.7. The Hall–Kier alpha value is -3.06. The van der Waals surface area contributed by atoms with Crippen molar-refractivity contribution < 1.29 is 13.9 Å². The van der Waals surface area contributed by atoms with Gasteiger partial charge in [-0.1, -0.05) is 12.1 Å². The van der Waals surface area contributed by atoms with E-state index in [-0.39, 0.29) is 17.9 Å². The highest BCUT2D eigenvalue weighted by Gasteiger charge is 2.13. The number of fused-ring (bicyclic) bond motifs is 1. The van der Waals surface area contributed by atoms with Gasteiger partial charge in [0.1, 0.15) is 18.2 Å². The van der Waals surface area contributed by atoms with Gasteiger partial charge in [-0.15, -0.1) is 0 Å². The molecule has 3 aromatic rings. The number of aryl methyl sites for hydroxylation is 1. The van der Waals surface area contributed by atoms with E-state index < -0.39 is 11.7 Å². The first kappa shape index (κ1) is 16.8. The van der Waals surface area contributed by atoms with Crippen LogP contribution in [0.5, 0.6) is 0 Å². The predicted octanol–water partition coefficient (Wildman–Crippen LogP) is 2.42. The van der Waals surface area contributed by atoms with E-state index in [0.29, 0.717) is 22.4 Å². The van der Waals surface area contributed by atoms with E-state index in [1.807, 2.05) is 0 Å². The largest absolute Gasteiger partial charge is 0.375 e. The van der Waals surface area contributed by atoms with Crippen LogP contribution in [0.15, 0.2) is 47.3 Å². The molecule has 0 fully saturated rings. The second-order valence-corrected chi connectivity index (χ2v) is 5.46. The van der Waals surface area contributed by atoms with E-state index in [4.69, 9.17) is 4.74 Å². The second kappa shape index (κ2) is 6.82. The molecule has 0 spiro atoms. The van der Waals surface area contributed by atoms with Gasteiger partial charge in [-0.3, -0.25) is 14.2 Å². The molecule has 6 nitrogen and oxygen atoms in total. The minimum Gasteiger partial charge on any atom is -0.375 e. The number of nitrogens with zero attached hydrogens (tertiary/aromatic N) is 2. The summed E-state index contributed by atoms with van der Waals surface area (Å²) in [6, 6.07) is 11.1. The number of benzene rings is 2. The molecule has 2 aromatic carbocycles. The van der Waals surface area contributed by atoms with Crippen molar-refractivity contribution in [3.05, 3.63) is 64.5 Å². The summed E-state index contributed by atoms with van der Waals surface area (Å²) in [6.07, 6.45) is 0. The van der Waals surface area contributed by atoms with Crippen LogP contribution >= 0.6 is 0 Å². The van der Waals surface area contributed by atoms with Gasteiger partial charge in [-0.25, -0.2) is 9.37 Å². The second-order valence-electron chi connectivity index (χ2n) is 5.46. The van der Waals surface area contributed by atoms with Gasteiger partial charge in [0.2, 0.25) is 5.91 Å². The summed E-state index contributed by atoms with van der Waals surface area (Å²) in [7, 11) is 1.37. The van der Waals surface area contributed by atoms with Crippen LogP contribution in [0.25, 0.3) is 16.6 Å². The molecular weight excluding hydrogens is 325 g/mol. The number of para-hydroxylation sites is 1. The minimum atomic E-state index is -0.604. The van der Waals surface area contributed by atoms with Crippen LogP contribution in [0.4, 0.5) is 10.1 Å². The molecule has 0 radical (unpaired) electrons. The van der Waals surface area contributed by atoms with Crippen molar-refractivity contribution in [1.29, 1.82) is 0 Å². The SMILES string of the molecule is COCC(=O)Nc1cc(-n2c(C)nc3ccccc3c2=O)ccc1F. The van der Waals surface area contributed by atoms with Gasteiger partial charge in [0.05, 0.1) is 22.3 Å². The fourth-order valence-electron chi connectivity index (χ4n) is 2.61. The first-order valence-corrected chi connectivity index (χ1v) is 7.58. The Morgan fingerprint density at radius 1 is 1.28 bits per heavy atom. The molecule has 0 atom stereocenters. The number of anilines is 1. The van der Waals surface area contributed by atoms with Crippen molar-refractivity contribution in [3.8, 4) is 5.69 Å². The molecule has 0 aliphatic rings. The number of hydrogen-bond donors (Lipinski definition) is 1. The number of rotatable bonds is 4. The Bertz CT molecular complexity index is 1010. The first-order chi connectivity index (χ1) is 12.0. The summed E-state index contributed by atoms with van der Waals surface area (Å²) in [6.45, 7) is 1.50. The monoisotopic (exact) mass is 341 g/mol. The number of halogens is 1. The van der Waals surface area contributed by atoms with Crippen LogP contribution in [0.2, 0.25) is 0 Å². The van der Waals surface area contributed by atoms with Crippen LogP contribution in [0.3, 0.4) is 0 Å². The van der Waals surface area contributed by atoms with E-state index >= 15 is 0 Å². The van der Waals surface area contributed by atoms with Gasteiger partial charge in [0.25, 0.3) is 5.56 Å². The lowest BCUT2D eigenvalue weighted by Gasteiger charge is -2.13. The molecule has 1 amide bonds. The van der Waals surface area contributed by atoms with E-state index in [2.05, 4.69) is 10.3 Å². The van der Waals surface area contributed by atoms with Crippen molar-refractivity contribution in [3.63, 3.8) is 0 Å². The molecular formula is C18H16FN3O3. The van der Waals surface area contributed by atoms with Gasteiger partial charge in [0, 0.05) is 7.11 Å². The lowest BCUT2D eigenvalue weighted by atomic mass is 10.2. The van der Waals surface area contributed by atoms with Crippen LogP contribution in [0.1, 0.15) is 5.82 Å². The van der Waals surface area contributed by atoms with Crippen LogP contribution < -0.4 is 10.9 Å². The van der Waals surface area contributed by atoms with Crippen molar-refractivity contribution >= 4 is 22.5 Å². The number of hydrogen-bond acceptors (Lipinski definition) is 4. The Labute approximate surface area is 142 Å². The van der Waals surface area contributed by atoms with Crippen molar-refractivity contribution in [2.45, 2.75) is 6.92 Å². The average molecular weight is 341 g/mol. The highest BCUT2D eigenvalue weighted by Crippen LogP contribution is 2.20. The molecule has 0 aliphatic heterocycles. The topological polar surface area (TPSA) is 73.2 Å². The van der Waals surface area contributed by atoms with Gasteiger partial charge in [-0.05, 0) is 37.3 Å². The average Bonchev–Trinajstić information content (AvgIpc) is 2.58. The van der Waals surface area contributed by atoms with Gasteiger partial charge >= 0.3 is 0 Å². The highest BCUT2D eigenvalue weighted by atomic mass is 19.1. The van der Waals surface area contributed by atoms with Gasteiger partial charge in [0.15, 0.2) is 0 Å². The molecule has 0 saturated heterocycles. The summed E-state index contributed by atoms with van der Waals surface area (Å²) in [4.78, 5) is 28.8. The van der Waals surface area contributed by atoms with Crippen molar-refractivity contribution in [1.82, 2.24) is 9.55 Å². The maximum Gasteiger partial charge on any atom is 0.265 e. The molecule has 128 valence electrons. The summed E-state index contributed by atoms with van der Waals surface area (Å²) in [5, 5.41) is 2.88. The number of nitrogens with one attached hydrogen (secondary N) is 1. The lowest BCUT2D eigenvalue weighted by Crippen LogP contribution is -2.23. The summed E-state index contributed by atoms with van der Waals surface area (Å²) in [5.41, 5.74) is 0.717. The maximum atomic E-state index is 14.0. The molecule has 0 saturated carbocycles. The number of amides is 1. The number of carbonyl (C=O) groups excluding carboxylic acids is 1. The third kappa shape index (κ3) is 3.27. The van der Waals surface area contributed by atoms with E-state index in [1.165, 1.54) is 29.9 Å². The smallest absolute Gasteiger partial charge is 0.265 e. The Balaban J connectivity index is 2.12. The third-order valence-electron chi connectivity index (χ3n) is 3.70. The number of ether oxygens (including phenoxy) is 1. The van der Waals surface area contributed by atoms with Gasteiger partial charge in [-0.2, -0.15) is 0 Å². The zero-order chi connectivity index (χ0) is 18.0. The molecule has 3 rings (SSSR count). The zero-order valence-corrected chi connectivity index (χ0v) is 13.7. The Morgan fingerprint density at radius 2 is 2.04 bits per heavy atom. The molecule has 0 bridgehead atoms. The molecule has 1 aromatic heterocycles. The Kier molecular flexibility index (Phi) is 4.58. The molecule has 25 heavy (non-hydrogen) atoms. The normalized spacial score (nSPS) is 10.8. The molecule has 1 N–H and O–H groups in total. The lowest BCUT2D eigenvalue weighted by molar-refractivity contribution is -0.119. The molecule has 0 aliphatic carbocycles. The summed E-state index contributed by atoms with van der Waals surface area (Å²) < 4.78 is 20.1. The third-order valence-corrected chi connectivity index (χ3v) is 3.70. The number of carbonyl (C=O) groups is 1. The van der Waals surface area contributed by atoms with Gasteiger partial charge < -0.3 is 10.1 Å². The molecule has 7 heteroatoms. The summed E-state index contributed by atoms with van der Waals surface area (Å²) >= 11 is 0. The maximum absolute atomic E-state index is 14.0. The fourth-order valence-corrected chi connectivity index (χ4v) is 2.61. The first-order valence-electron chi connectivity index (χ1n) is 7.58. The number of methoxy groups -OCH3 is 1. The number of aromatic nitrogens is 2. The van der Waals surface area contributed by atoms with Crippen LogP contribution in [-0.4, -0.2) is 29.2 Å². The minimum absolute atomic E-state index is 0.0287. The predicted molar refractivity (Wildman–Crippen MR) is 92.5 cm³/mol. The van der Waals surface area contributed by atoms with Crippen LogP contribution in [-0.2, 0) is 9.53 Å². The van der Waals surface area contributed by atoms with Crippen molar-refractivity contribution in [2.75, 3.05) is 19.0 Å². The molecule has 0 unspecified atom stereocenters.